The summed E-state index contributed by atoms with van der Waals surface area (Å²) < 4.78 is 4.66. The Morgan fingerprint density at radius 1 is 1.16 bits per heavy atom. The summed E-state index contributed by atoms with van der Waals surface area (Å²) in [4.78, 5) is 23.3. The molecule has 104 valence electrons. The van der Waals surface area contributed by atoms with E-state index in [1.54, 1.807) is 19.1 Å². The summed E-state index contributed by atoms with van der Waals surface area (Å²) in [6.07, 6.45) is 0. The standard InChI is InChI=1S/C14H16Cl2O3/c1-5-19-13(18)12(17)11-9(15)6-8(7-10(11)16)14(2,3)4/h6-7H,5H2,1-4H3. The second-order valence-electron chi connectivity index (χ2n) is 5.11. The topological polar surface area (TPSA) is 43.4 Å². The van der Waals surface area contributed by atoms with Crippen LogP contribution >= 0.6 is 23.2 Å². The Bertz CT molecular complexity index is 493. The van der Waals surface area contributed by atoms with Crippen molar-refractivity contribution < 1.29 is 14.3 Å². The van der Waals surface area contributed by atoms with Crippen LogP contribution in [0.25, 0.3) is 0 Å². The Kier molecular flexibility index (Phi) is 4.99. The van der Waals surface area contributed by atoms with E-state index < -0.39 is 11.8 Å². The highest BCUT2D eigenvalue weighted by molar-refractivity contribution is 6.49. The molecule has 0 fully saturated rings. The first kappa shape index (κ1) is 16.0. The highest BCUT2D eigenvalue weighted by Crippen LogP contribution is 2.32. The average molecular weight is 303 g/mol. The number of ketones is 1. The third kappa shape index (κ3) is 3.71. The first-order chi connectivity index (χ1) is 8.68. The first-order valence-corrected chi connectivity index (χ1v) is 6.65. The number of hydrogen-bond donors (Lipinski definition) is 0. The van der Waals surface area contributed by atoms with Crippen molar-refractivity contribution in [2.45, 2.75) is 33.1 Å². The molecule has 0 unspecified atom stereocenters. The number of carbonyl (C=O) groups excluding carboxylic acids is 2. The van der Waals surface area contributed by atoms with E-state index in [1.165, 1.54) is 0 Å². The van der Waals surface area contributed by atoms with E-state index in [9.17, 15) is 9.59 Å². The van der Waals surface area contributed by atoms with Crippen molar-refractivity contribution in [2.75, 3.05) is 6.61 Å². The summed E-state index contributed by atoms with van der Waals surface area (Å²) in [7, 11) is 0. The van der Waals surface area contributed by atoms with Crippen molar-refractivity contribution in [3.05, 3.63) is 33.3 Å². The number of rotatable bonds is 3. The maximum absolute atomic E-state index is 11.9. The minimum absolute atomic E-state index is 0.00483. The zero-order valence-corrected chi connectivity index (χ0v) is 12.9. The number of hydrogen-bond acceptors (Lipinski definition) is 3. The van der Waals surface area contributed by atoms with Crippen LogP contribution in [0.2, 0.25) is 10.0 Å². The lowest BCUT2D eigenvalue weighted by molar-refractivity contribution is -0.137. The molecule has 0 aliphatic rings. The summed E-state index contributed by atoms with van der Waals surface area (Å²) in [6, 6.07) is 3.31. The van der Waals surface area contributed by atoms with Crippen LogP contribution in [0.15, 0.2) is 12.1 Å². The molecular formula is C14H16Cl2O3. The molecule has 3 nitrogen and oxygen atoms in total. The lowest BCUT2D eigenvalue weighted by Crippen LogP contribution is -2.19. The molecule has 1 aromatic rings. The monoisotopic (exact) mass is 302 g/mol. The van der Waals surface area contributed by atoms with Crippen molar-refractivity contribution in [3.63, 3.8) is 0 Å². The van der Waals surface area contributed by atoms with Crippen molar-refractivity contribution in [2.24, 2.45) is 0 Å². The fourth-order valence-corrected chi connectivity index (χ4v) is 2.18. The van der Waals surface area contributed by atoms with Gasteiger partial charge in [-0.15, -0.1) is 0 Å². The summed E-state index contributed by atoms with van der Waals surface area (Å²) in [6.45, 7) is 7.75. The van der Waals surface area contributed by atoms with E-state index >= 15 is 0 Å². The van der Waals surface area contributed by atoms with Crippen LogP contribution < -0.4 is 0 Å². The maximum atomic E-state index is 11.9. The van der Waals surface area contributed by atoms with Gasteiger partial charge in [-0.25, -0.2) is 4.79 Å². The van der Waals surface area contributed by atoms with Crippen LogP contribution in [-0.4, -0.2) is 18.4 Å². The number of benzene rings is 1. The van der Waals surface area contributed by atoms with Crippen LogP contribution in [0.4, 0.5) is 0 Å². The second-order valence-corrected chi connectivity index (χ2v) is 5.93. The molecule has 0 saturated heterocycles. The normalized spacial score (nSPS) is 11.3. The van der Waals surface area contributed by atoms with E-state index in [-0.39, 0.29) is 27.6 Å². The minimum atomic E-state index is -0.949. The summed E-state index contributed by atoms with van der Waals surface area (Å²) >= 11 is 12.1. The third-order valence-corrected chi connectivity index (χ3v) is 3.19. The van der Waals surface area contributed by atoms with Gasteiger partial charge in [-0.05, 0) is 30.0 Å². The van der Waals surface area contributed by atoms with Gasteiger partial charge >= 0.3 is 5.97 Å². The molecule has 0 aliphatic carbocycles. The smallest absolute Gasteiger partial charge is 0.379 e. The van der Waals surface area contributed by atoms with Crippen LogP contribution in [0, 0.1) is 0 Å². The maximum Gasteiger partial charge on any atom is 0.379 e. The Balaban J connectivity index is 3.25. The van der Waals surface area contributed by atoms with Gasteiger partial charge in [0.05, 0.1) is 22.2 Å². The molecule has 5 heteroatoms. The molecule has 0 spiro atoms. The Hall–Kier alpha value is -1.06. The van der Waals surface area contributed by atoms with Crippen molar-refractivity contribution in [1.82, 2.24) is 0 Å². The SMILES string of the molecule is CCOC(=O)C(=O)c1c(Cl)cc(C(C)(C)C)cc1Cl. The molecule has 0 saturated carbocycles. The van der Waals surface area contributed by atoms with Gasteiger partial charge in [-0.2, -0.15) is 0 Å². The van der Waals surface area contributed by atoms with Gasteiger partial charge in [0.25, 0.3) is 5.78 Å². The summed E-state index contributed by atoms with van der Waals surface area (Å²) in [5.74, 6) is -1.77. The Morgan fingerprint density at radius 2 is 1.63 bits per heavy atom. The zero-order valence-electron chi connectivity index (χ0n) is 11.3. The molecule has 1 aromatic carbocycles. The second kappa shape index (κ2) is 5.93. The van der Waals surface area contributed by atoms with E-state index in [4.69, 9.17) is 23.2 Å². The number of ether oxygens (including phenoxy) is 1. The molecule has 0 aromatic heterocycles. The van der Waals surface area contributed by atoms with Gasteiger partial charge in [0.2, 0.25) is 0 Å². The largest absolute Gasteiger partial charge is 0.460 e. The van der Waals surface area contributed by atoms with Gasteiger partial charge in [0, 0.05) is 0 Å². The fraction of sp³-hybridized carbons (Fsp3) is 0.429. The van der Waals surface area contributed by atoms with Crippen molar-refractivity contribution in [1.29, 1.82) is 0 Å². The van der Waals surface area contributed by atoms with Crippen molar-refractivity contribution >= 4 is 35.0 Å². The molecule has 0 heterocycles. The average Bonchev–Trinajstić information content (AvgIpc) is 2.26. The van der Waals surface area contributed by atoms with Crippen molar-refractivity contribution in [3.8, 4) is 0 Å². The predicted octanol–water partition coefficient (Wildman–Crippen LogP) is 4.04. The van der Waals surface area contributed by atoms with Crippen LogP contribution in [0.5, 0.6) is 0 Å². The summed E-state index contributed by atoms with van der Waals surface area (Å²) in [5.41, 5.74) is 0.733. The minimum Gasteiger partial charge on any atom is -0.460 e. The molecule has 0 bridgehead atoms. The quantitative estimate of drug-likeness (QED) is 0.481. The molecule has 0 amide bonds. The molecule has 0 aliphatic heterocycles. The van der Waals surface area contributed by atoms with Gasteiger partial charge in [0.15, 0.2) is 0 Å². The molecular weight excluding hydrogens is 287 g/mol. The number of Topliss-reactive ketones (excluding diaryl/α,β-unsaturated/α-hetero) is 1. The fourth-order valence-electron chi connectivity index (χ4n) is 1.52. The molecule has 19 heavy (non-hydrogen) atoms. The molecule has 0 N–H and O–H groups in total. The van der Waals surface area contributed by atoms with E-state index in [2.05, 4.69) is 4.74 Å². The number of carbonyl (C=O) groups is 2. The molecule has 1 rings (SSSR count). The lowest BCUT2D eigenvalue weighted by atomic mass is 9.86. The Morgan fingerprint density at radius 3 is 2.00 bits per heavy atom. The summed E-state index contributed by atoms with van der Waals surface area (Å²) in [5, 5.41) is 0.325. The Labute approximate surface area is 122 Å². The van der Waals surface area contributed by atoms with E-state index in [1.807, 2.05) is 20.8 Å². The predicted molar refractivity (Wildman–Crippen MR) is 76.1 cm³/mol. The van der Waals surface area contributed by atoms with Gasteiger partial charge < -0.3 is 4.74 Å². The van der Waals surface area contributed by atoms with Gasteiger partial charge in [-0.1, -0.05) is 44.0 Å². The van der Waals surface area contributed by atoms with Gasteiger partial charge in [-0.3, -0.25) is 4.79 Å². The van der Waals surface area contributed by atoms with Crippen LogP contribution in [-0.2, 0) is 14.9 Å². The molecule has 0 atom stereocenters. The van der Waals surface area contributed by atoms with Crippen LogP contribution in [0.1, 0.15) is 43.6 Å². The number of halogens is 2. The first-order valence-electron chi connectivity index (χ1n) is 5.89. The van der Waals surface area contributed by atoms with E-state index in [0.717, 1.165) is 5.56 Å². The third-order valence-electron chi connectivity index (χ3n) is 2.60. The van der Waals surface area contributed by atoms with E-state index in [0.29, 0.717) is 0 Å². The van der Waals surface area contributed by atoms with Crippen LogP contribution in [0.3, 0.4) is 0 Å². The molecule has 0 radical (unpaired) electrons. The number of esters is 1. The lowest BCUT2D eigenvalue weighted by Gasteiger charge is -2.20. The van der Waals surface area contributed by atoms with Gasteiger partial charge in [0.1, 0.15) is 0 Å². The zero-order chi connectivity index (χ0) is 14.8. The highest BCUT2D eigenvalue weighted by atomic mass is 35.5. The highest BCUT2D eigenvalue weighted by Gasteiger charge is 2.25.